The second-order valence-electron chi connectivity index (χ2n) is 3.79. The highest BCUT2D eigenvalue weighted by molar-refractivity contribution is 6.33. The molecule has 1 heterocycles. The van der Waals surface area contributed by atoms with Crippen LogP contribution in [-0.2, 0) is 0 Å². The van der Waals surface area contributed by atoms with Crippen molar-refractivity contribution in [1.82, 2.24) is 4.98 Å². The van der Waals surface area contributed by atoms with Crippen molar-refractivity contribution in [1.29, 1.82) is 0 Å². The molecule has 0 aliphatic heterocycles. The van der Waals surface area contributed by atoms with Gasteiger partial charge in [0, 0.05) is 6.07 Å². The van der Waals surface area contributed by atoms with Crippen LogP contribution in [0, 0.1) is 0 Å². The van der Waals surface area contributed by atoms with E-state index in [1.54, 1.807) is 24.3 Å². The highest BCUT2D eigenvalue weighted by atomic mass is 35.5. The average molecular weight is 294 g/mol. The molecule has 0 saturated heterocycles. The standard InChI is InChI=1S/C14H12ClNO4/c1-2-19-9-3-5-10(6-4-9)20-12-8-7-11(15)13(16-12)14(17)18/h3-8H,2H2,1H3,(H,17,18). The largest absolute Gasteiger partial charge is 0.494 e. The van der Waals surface area contributed by atoms with E-state index in [9.17, 15) is 4.79 Å². The minimum absolute atomic E-state index is 0.0662. The zero-order valence-electron chi connectivity index (χ0n) is 10.7. The Morgan fingerprint density at radius 1 is 1.20 bits per heavy atom. The van der Waals surface area contributed by atoms with Crippen molar-refractivity contribution in [3.8, 4) is 17.4 Å². The number of rotatable bonds is 5. The molecule has 104 valence electrons. The average Bonchev–Trinajstić information content (AvgIpc) is 2.43. The first-order chi connectivity index (χ1) is 9.60. The van der Waals surface area contributed by atoms with Crippen molar-refractivity contribution in [2.24, 2.45) is 0 Å². The van der Waals surface area contributed by atoms with Crippen LogP contribution in [0.1, 0.15) is 17.4 Å². The fourth-order valence-corrected chi connectivity index (χ4v) is 1.71. The first kappa shape index (κ1) is 14.1. The molecule has 2 aromatic rings. The third-order valence-corrected chi connectivity index (χ3v) is 2.69. The third-order valence-electron chi connectivity index (χ3n) is 2.38. The highest BCUT2D eigenvalue weighted by Crippen LogP contribution is 2.25. The topological polar surface area (TPSA) is 68.7 Å². The van der Waals surface area contributed by atoms with Crippen LogP contribution in [0.2, 0.25) is 5.02 Å². The second-order valence-corrected chi connectivity index (χ2v) is 4.20. The van der Waals surface area contributed by atoms with Gasteiger partial charge in [-0.15, -0.1) is 0 Å². The summed E-state index contributed by atoms with van der Waals surface area (Å²) in [5.41, 5.74) is -0.241. The molecule has 0 saturated carbocycles. The first-order valence-electron chi connectivity index (χ1n) is 5.90. The molecule has 0 atom stereocenters. The maximum Gasteiger partial charge on any atom is 0.356 e. The zero-order valence-corrected chi connectivity index (χ0v) is 11.4. The molecule has 6 heteroatoms. The number of carboxylic acid groups (broad SMARTS) is 1. The van der Waals surface area contributed by atoms with Gasteiger partial charge < -0.3 is 14.6 Å². The van der Waals surface area contributed by atoms with Gasteiger partial charge in [-0.2, -0.15) is 0 Å². The number of pyridine rings is 1. The lowest BCUT2D eigenvalue weighted by molar-refractivity contribution is 0.0690. The molecular weight excluding hydrogens is 282 g/mol. The molecule has 1 N–H and O–H groups in total. The summed E-state index contributed by atoms with van der Waals surface area (Å²) in [7, 11) is 0. The summed E-state index contributed by atoms with van der Waals surface area (Å²) in [6, 6.07) is 9.87. The van der Waals surface area contributed by atoms with E-state index in [0.717, 1.165) is 5.75 Å². The SMILES string of the molecule is CCOc1ccc(Oc2ccc(Cl)c(C(=O)O)n2)cc1. The number of halogens is 1. The molecule has 0 unspecified atom stereocenters. The van der Waals surface area contributed by atoms with Gasteiger partial charge in [-0.1, -0.05) is 11.6 Å². The Balaban J connectivity index is 2.17. The lowest BCUT2D eigenvalue weighted by Gasteiger charge is -2.07. The van der Waals surface area contributed by atoms with E-state index in [1.165, 1.54) is 12.1 Å². The zero-order chi connectivity index (χ0) is 14.5. The third kappa shape index (κ3) is 3.39. The molecule has 2 rings (SSSR count). The molecule has 0 radical (unpaired) electrons. The summed E-state index contributed by atoms with van der Waals surface area (Å²) >= 11 is 5.73. The molecular formula is C14H12ClNO4. The van der Waals surface area contributed by atoms with Crippen molar-refractivity contribution in [2.45, 2.75) is 6.92 Å². The minimum Gasteiger partial charge on any atom is -0.494 e. The predicted molar refractivity (Wildman–Crippen MR) is 73.9 cm³/mol. The molecule has 0 aliphatic rings. The van der Waals surface area contributed by atoms with Gasteiger partial charge >= 0.3 is 5.97 Å². The second kappa shape index (κ2) is 6.25. The summed E-state index contributed by atoms with van der Waals surface area (Å²) in [5.74, 6) is 0.220. The van der Waals surface area contributed by atoms with E-state index in [1.807, 2.05) is 6.92 Å². The highest BCUT2D eigenvalue weighted by Gasteiger charge is 2.12. The number of carbonyl (C=O) groups is 1. The molecule has 1 aromatic heterocycles. The lowest BCUT2D eigenvalue weighted by Crippen LogP contribution is -2.02. The van der Waals surface area contributed by atoms with Crippen LogP contribution >= 0.6 is 11.6 Å². The maximum absolute atomic E-state index is 10.9. The van der Waals surface area contributed by atoms with E-state index in [2.05, 4.69) is 4.98 Å². The molecule has 0 amide bonds. The Hall–Kier alpha value is -2.27. The van der Waals surface area contributed by atoms with Crippen molar-refractivity contribution in [3.05, 3.63) is 47.1 Å². The van der Waals surface area contributed by atoms with Crippen LogP contribution in [-0.4, -0.2) is 22.7 Å². The van der Waals surface area contributed by atoms with Crippen LogP contribution < -0.4 is 9.47 Å². The number of carboxylic acids is 1. The van der Waals surface area contributed by atoms with Gasteiger partial charge in [0.05, 0.1) is 11.6 Å². The van der Waals surface area contributed by atoms with Gasteiger partial charge in [0.15, 0.2) is 5.69 Å². The minimum atomic E-state index is -1.20. The number of ether oxygens (including phenoxy) is 2. The summed E-state index contributed by atoms with van der Waals surface area (Å²) < 4.78 is 10.8. The van der Waals surface area contributed by atoms with E-state index in [0.29, 0.717) is 12.4 Å². The number of hydrogen-bond acceptors (Lipinski definition) is 4. The first-order valence-corrected chi connectivity index (χ1v) is 6.28. The lowest BCUT2D eigenvalue weighted by atomic mass is 10.3. The van der Waals surface area contributed by atoms with Crippen LogP contribution in [0.4, 0.5) is 0 Å². The molecule has 20 heavy (non-hydrogen) atoms. The molecule has 0 fully saturated rings. The van der Waals surface area contributed by atoms with Crippen molar-refractivity contribution in [2.75, 3.05) is 6.61 Å². The van der Waals surface area contributed by atoms with Crippen molar-refractivity contribution < 1.29 is 19.4 Å². The molecule has 1 aromatic carbocycles. The molecule has 0 aliphatic carbocycles. The number of hydrogen-bond donors (Lipinski definition) is 1. The fraction of sp³-hybridized carbons (Fsp3) is 0.143. The van der Waals surface area contributed by atoms with Gasteiger partial charge in [-0.3, -0.25) is 0 Å². The summed E-state index contributed by atoms with van der Waals surface area (Å²) in [5, 5.41) is 9.00. The molecule has 0 spiro atoms. The molecule has 5 nitrogen and oxygen atoms in total. The van der Waals surface area contributed by atoms with Gasteiger partial charge in [-0.05, 0) is 37.3 Å². The Morgan fingerprint density at radius 2 is 1.85 bits per heavy atom. The van der Waals surface area contributed by atoms with E-state index in [-0.39, 0.29) is 16.6 Å². The summed E-state index contributed by atoms with van der Waals surface area (Å²) in [6.45, 7) is 2.48. The Labute approximate surface area is 120 Å². The van der Waals surface area contributed by atoms with Crippen LogP contribution in [0.5, 0.6) is 17.4 Å². The molecule has 0 bridgehead atoms. The summed E-state index contributed by atoms with van der Waals surface area (Å²) in [4.78, 5) is 14.8. The number of benzene rings is 1. The van der Waals surface area contributed by atoms with Gasteiger partial charge in [0.1, 0.15) is 11.5 Å². The van der Waals surface area contributed by atoms with Gasteiger partial charge in [0.25, 0.3) is 0 Å². The van der Waals surface area contributed by atoms with Crippen molar-refractivity contribution in [3.63, 3.8) is 0 Å². The summed E-state index contributed by atoms with van der Waals surface area (Å²) in [6.07, 6.45) is 0. The quantitative estimate of drug-likeness (QED) is 0.911. The van der Waals surface area contributed by atoms with Crippen LogP contribution in [0.3, 0.4) is 0 Å². The van der Waals surface area contributed by atoms with Crippen LogP contribution in [0.25, 0.3) is 0 Å². The number of aromatic carboxylic acids is 1. The van der Waals surface area contributed by atoms with Crippen LogP contribution in [0.15, 0.2) is 36.4 Å². The van der Waals surface area contributed by atoms with E-state index < -0.39 is 5.97 Å². The van der Waals surface area contributed by atoms with Gasteiger partial charge in [0.2, 0.25) is 5.88 Å². The Kier molecular flexibility index (Phi) is 4.42. The predicted octanol–water partition coefficient (Wildman–Crippen LogP) is 3.62. The smallest absolute Gasteiger partial charge is 0.356 e. The Bertz CT molecular complexity index is 613. The maximum atomic E-state index is 10.9. The fourth-order valence-electron chi connectivity index (χ4n) is 1.52. The van der Waals surface area contributed by atoms with E-state index >= 15 is 0 Å². The van der Waals surface area contributed by atoms with Crippen molar-refractivity contribution >= 4 is 17.6 Å². The van der Waals surface area contributed by atoms with Gasteiger partial charge in [-0.25, -0.2) is 9.78 Å². The number of nitrogens with zero attached hydrogens (tertiary/aromatic N) is 1. The normalized spacial score (nSPS) is 10.1. The van der Waals surface area contributed by atoms with E-state index in [4.69, 9.17) is 26.2 Å². The number of aromatic nitrogens is 1. The Morgan fingerprint density at radius 3 is 2.45 bits per heavy atom. The monoisotopic (exact) mass is 293 g/mol.